The summed E-state index contributed by atoms with van der Waals surface area (Å²) in [5, 5.41) is 0. The van der Waals surface area contributed by atoms with Gasteiger partial charge in [-0.3, -0.25) is 4.90 Å². The molecule has 0 bridgehead atoms. The van der Waals surface area contributed by atoms with Gasteiger partial charge in [0.25, 0.3) is 0 Å². The van der Waals surface area contributed by atoms with Crippen LogP contribution >= 0.6 is 0 Å². The van der Waals surface area contributed by atoms with E-state index in [9.17, 15) is 0 Å². The van der Waals surface area contributed by atoms with Crippen LogP contribution in [0.1, 0.15) is 56.7 Å². The third kappa shape index (κ3) is 2.93. The molecule has 0 aliphatic carbocycles. The first kappa shape index (κ1) is 13.6. The van der Waals surface area contributed by atoms with Gasteiger partial charge in [-0.2, -0.15) is 0 Å². The van der Waals surface area contributed by atoms with Gasteiger partial charge in [0.1, 0.15) is 0 Å². The van der Waals surface area contributed by atoms with Crippen LogP contribution in [-0.4, -0.2) is 24.0 Å². The quantitative estimate of drug-likeness (QED) is 0.883. The molecule has 0 saturated carbocycles. The molecule has 2 nitrogen and oxygen atoms in total. The minimum atomic E-state index is 0.188. The van der Waals surface area contributed by atoms with Crippen molar-refractivity contribution in [1.29, 1.82) is 0 Å². The Balaban J connectivity index is 2.19. The number of rotatable bonds is 4. The fourth-order valence-electron chi connectivity index (χ4n) is 2.94. The number of hydrogen-bond acceptors (Lipinski definition) is 2. The Morgan fingerprint density at radius 1 is 0.944 bits per heavy atom. The summed E-state index contributed by atoms with van der Waals surface area (Å²) < 4.78 is 0. The van der Waals surface area contributed by atoms with Crippen LogP contribution in [0.5, 0.6) is 0 Å². The standard InChI is InChI=1S/C16H26N2/c1-12(2)14-6-8-15(9-7-14)16(13(3)17)18-10-4-5-11-18/h6-9,12-13,16H,4-5,10-11,17H2,1-3H3. The second kappa shape index (κ2) is 5.85. The zero-order valence-corrected chi connectivity index (χ0v) is 11.9. The van der Waals surface area contributed by atoms with Crippen LogP contribution < -0.4 is 5.73 Å². The van der Waals surface area contributed by atoms with E-state index >= 15 is 0 Å². The molecule has 1 aliphatic rings. The van der Waals surface area contributed by atoms with Gasteiger partial charge in [-0.25, -0.2) is 0 Å². The molecule has 2 heteroatoms. The van der Waals surface area contributed by atoms with Crippen molar-refractivity contribution >= 4 is 0 Å². The Hall–Kier alpha value is -0.860. The molecular weight excluding hydrogens is 220 g/mol. The highest BCUT2D eigenvalue weighted by Gasteiger charge is 2.26. The second-order valence-corrected chi connectivity index (χ2v) is 5.87. The molecule has 2 unspecified atom stereocenters. The Bertz CT molecular complexity index is 361. The third-order valence-corrected chi connectivity index (χ3v) is 3.98. The molecule has 100 valence electrons. The Morgan fingerprint density at radius 3 is 1.89 bits per heavy atom. The summed E-state index contributed by atoms with van der Waals surface area (Å²) >= 11 is 0. The fourth-order valence-corrected chi connectivity index (χ4v) is 2.94. The van der Waals surface area contributed by atoms with Crippen LogP contribution in [-0.2, 0) is 0 Å². The molecule has 1 fully saturated rings. The first-order chi connectivity index (χ1) is 8.59. The van der Waals surface area contributed by atoms with Gasteiger partial charge in [0, 0.05) is 12.1 Å². The topological polar surface area (TPSA) is 29.3 Å². The molecule has 1 aliphatic heterocycles. The zero-order valence-electron chi connectivity index (χ0n) is 11.9. The Labute approximate surface area is 111 Å². The summed E-state index contributed by atoms with van der Waals surface area (Å²) in [6.45, 7) is 8.98. The fraction of sp³-hybridized carbons (Fsp3) is 0.625. The summed E-state index contributed by atoms with van der Waals surface area (Å²) in [5.74, 6) is 0.597. The molecule has 1 heterocycles. The van der Waals surface area contributed by atoms with Crippen LogP contribution in [0.3, 0.4) is 0 Å². The van der Waals surface area contributed by atoms with Gasteiger partial charge in [-0.05, 0) is 49.9 Å². The molecular formula is C16H26N2. The number of hydrogen-bond donors (Lipinski definition) is 1. The van der Waals surface area contributed by atoms with Crippen LogP contribution in [0.15, 0.2) is 24.3 Å². The summed E-state index contributed by atoms with van der Waals surface area (Å²) in [7, 11) is 0. The summed E-state index contributed by atoms with van der Waals surface area (Å²) in [6.07, 6.45) is 2.63. The molecule has 0 aromatic heterocycles. The van der Waals surface area contributed by atoms with Crippen LogP contribution in [0.2, 0.25) is 0 Å². The average Bonchev–Trinajstić information content (AvgIpc) is 2.83. The van der Waals surface area contributed by atoms with Gasteiger partial charge in [-0.15, -0.1) is 0 Å². The normalized spacial score (nSPS) is 20.3. The minimum absolute atomic E-state index is 0.188. The van der Waals surface area contributed by atoms with Gasteiger partial charge in [0.15, 0.2) is 0 Å². The molecule has 0 radical (unpaired) electrons. The van der Waals surface area contributed by atoms with Gasteiger partial charge >= 0.3 is 0 Å². The highest BCUT2D eigenvalue weighted by atomic mass is 15.2. The lowest BCUT2D eigenvalue weighted by Crippen LogP contribution is -2.37. The van der Waals surface area contributed by atoms with E-state index in [1.807, 2.05) is 0 Å². The summed E-state index contributed by atoms with van der Waals surface area (Å²) in [4.78, 5) is 2.54. The zero-order chi connectivity index (χ0) is 13.1. The van der Waals surface area contributed by atoms with Gasteiger partial charge in [-0.1, -0.05) is 38.1 Å². The van der Waals surface area contributed by atoms with E-state index < -0.39 is 0 Å². The highest BCUT2D eigenvalue weighted by molar-refractivity contribution is 5.28. The molecule has 2 rings (SSSR count). The maximum atomic E-state index is 6.20. The van der Waals surface area contributed by atoms with Crippen LogP contribution in [0, 0.1) is 0 Å². The van der Waals surface area contributed by atoms with Crippen molar-refractivity contribution in [2.75, 3.05) is 13.1 Å². The molecule has 18 heavy (non-hydrogen) atoms. The Morgan fingerprint density at radius 2 is 1.44 bits per heavy atom. The van der Waals surface area contributed by atoms with E-state index in [1.54, 1.807) is 0 Å². The minimum Gasteiger partial charge on any atom is -0.326 e. The number of likely N-dealkylation sites (tertiary alicyclic amines) is 1. The molecule has 2 atom stereocenters. The van der Waals surface area contributed by atoms with Gasteiger partial charge < -0.3 is 5.73 Å². The smallest absolute Gasteiger partial charge is 0.0496 e. The predicted molar refractivity (Wildman–Crippen MR) is 77.7 cm³/mol. The first-order valence-corrected chi connectivity index (χ1v) is 7.19. The van der Waals surface area contributed by atoms with E-state index in [-0.39, 0.29) is 6.04 Å². The van der Waals surface area contributed by atoms with Crippen molar-refractivity contribution in [3.63, 3.8) is 0 Å². The van der Waals surface area contributed by atoms with Crippen molar-refractivity contribution in [3.8, 4) is 0 Å². The van der Waals surface area contributed by atoms with Crippen molar-refractivity contribution in [3.05, 3.63) is 35.4 Å². The van der Waals surface area contributed by atoms with Crippen molar-refractivity contribution in [2.45, 2.75) is 51.6 Å². The molecule has 0 amide bonds. The molecule has 1 saturated heterocycles. The van der Waals surface area contributed by atoms with E-state index in [2.05, 4.69) is 49.9 Å². The number of benzene rings is 1. The monoisotopic (exact) mass is 246 g/mol. The Kier molecular flexibility index (Phi) is 4.41. The summed E-state index contributed by atoms with van der Waals surface area (Å²) in [6, 6.07) is 9.61. The van der Waals surface area contributed by atoms with Crippen molar-refractivity contribution in [1.82, 2.24) is 4.90 Å². The highest BCUT2D eigenvalue weighted by Crippen LogP contribution is 2.28. The van der Waals surface area contributed by atoms with E-state index in [0.717, 1.165) is 0 Å². The van der Waals surface area contributed by atoms with Crippen molar-refractivity contribution in [2.24, 2.45) is 5.73 Å². The SMILES string of the molecule is CC(C)c1ccc(C(C(C)N)N2CCCC2)cc1. The molecule has 1 aromatic rings. The van der Waals surface area contributed by atoms with E-state index in [4.69, 9.17) is 5.73 Å². The molecule has 1 aromatic carbocycles. The maximum absolute atomic E-state index is 6.20. The van der Waals surface area contributed by atoms with Crippen molar-refractivity contribution < 1.29 is 0 Å². The predicted octanol–water partition coefficient (Wildman–Crippen LogP) is 3.29. The number of nitrogens with two attached hydrogens (primary N) is 1. The molecule has 0 spiro atoms. The van der Waals surface area contributed by atoms with Crippen LogP contribution in [0.25, 0.3) is 0 Å². The van der Waals surface area contributed by atoms with E-state index in [0.29, 0.717) is 12.0 Å². The third-order valence-electron chi connectivity index (χ3n) is 3.98. The van der Waals surface area contributed by atoms with Gasteiger partial charge in [0.05, 0.1) is 0 Å². The lowest BCUT2D eigenvalue weighted by Gasteiger charge is -2.31. The molecule has 2 N–H and O–H groups in total. The lowest BCUT2D eigenvalue weighted by atomic mass is 9.95. The lowest BCUT2D eigenvalue weighted by molar-refractivity contribution is 0.219. The number of nitrogens with zero attached hydrogens (tertiary/aromatic N) is 1. The van der Waals surface area contributed by atoms with Gasteiger partial charge in [0.2, 0.25) is 0 Å². The second-order valence-electron chi connectivity index (χ2n) is 5.87. The van der Waals surface area contributed by atoms with E-state index in [1.165, 1.54) is 37.1 Å². The van der Waals surface area contributed by atoms with Crippen LogP contribution in [0.4, 0.5) is 0 Å². The first-order valence-electron chi connectivity index (χ1n) is 7.19. The maximum Gasteiger partial charge on any atom is 0.0496 e. The summed E-state index contributed by atoms with van der Waals surface area (Å²) in [5.41, 5.74) is 8.98. The average molecular weight is 246 g/mol. The largest absolute Gasteiger partial charge is 0.326 e.